The number of unbranched alkanes of at least 4 members (excludes halogenated alkanes) is 1. The highest BCUT2D eigenvalue weighted by atomic mass is 16.3. The van der Waals surface area contributed by atoms with Gasteiger partial charge in [-0.2, -0.15) is 0 Å². The van der Waals surface area contributed by atoms with Gasteiger partial charge < -0.3 is 16.2 Å². The molecule has 0 aromatic carbocycles. The average molecular weight is 296 g/mol. The zero-order valence-corrected chi connectivity index (χ0v) is 12.4. The number of nitrogens with one attached hydrogen (secondary N) is 2. The minimum Gasteiger partial charge on any atom is -0.393 e. The Morgan fingerprint density at radius 3 is 2.62 bits per heavy atom. The standard InChI is InChI=1S/C14H24N4O3/c1-2-3-8-18-12(15)11(13(20)17-14(18)21)16-9-4-6-10(19)7-5-9/h9-10,16,19H,2-8,15H2,1H3,(H,17,20,21). The van der Waals surface area contributed by atoms with Gasteiger partial charge in [0.15, 0.2) is 0 Å². The van der Waals surface area contributed by atoms with Gasteiger partial charge >= 0.3 is 5.69 Å². The number of nitrogens with two attached hydrogens (primary N) is 1. The van der Waals surface area contributed by atoms with Gasteiger partial charge in [-0.15, -0.1) is 0 Å². The molecule has 1 aliphatic carbocycles. The third-order valence-electron chi connectivity index (χ3n) is 4.02. The molecule has 7 heteroatoms. The van der Waals surface area contributed by atoms with Crippen molar-refractivity contribution in [1.29, 1.82) is 0 Å². The van der Waals surface area contributed by atoms with Crippen molar-refractivity contribution in [3.63, 3.8) is 0 Å². The van der Waals surface area contributed by atoms with Crippen molar-refractivity contribution >= 4 is 11.5 Å². The van der Waals surface area contributed by atoms with Crippen molar-refractivity contribution in [2.24, 2.45) is 0 Å². The van der Waals surface area contributed by atoms with Crippen molar-refractivity contribution in [3.8, 4) is 0 Å². The first kappa shape index (κ1) is 15.6. The van der Waals surface area contributed by atoms with Gasteiger partial charge in [0, 0.05) is 12.6 Å². The lowest BCUT2D eigenvalue weighted by molar-refractivity contribution is 0.126. The monoisotopic (exact) mass is 296 g/mol. The maximum Gasteiger partial charge on any atom is 0.330 e. The molecule has 0 saturated heterocycles. The third kappa shape index (κ3) is 3.66. The molecule has 0 radical (unpaired) electrons. The predicted octanol–water partition coefficient (Wildman–Crippen LogP) is 0.634. The summed E-state index contributed by atoms with van der Waals surface area (Å²) >= 11 is 0. The fourth-order valence-electron chi connectivity index (χ4n) is 2.69. The topological polar surface area (TPSA) is 113 Å². The smallest absolute Gasteiger partial charge is 0.330 e. The number of aliphatic hydroxyl groups excluding tert-OH is 1. The number of hydrogen-bond donors (Lipinski definition) is 4. The molecule has 1 fully saturated rings. The largest absolute Gasteiger partial charge is 0.393 e. The van der Waals surface area contributed by atoms with Crippen LogP contribution in [0.15, 0.2) is 9.59 Å². The van der Waals surface area contributed by atoms with Crippen molar-refractivity contribution in [3.05, 3.63) is 20.8 Å². The molecule has 2 rings (SSSR count). The van der Waals surface area contributed by atoms with Gasteiger partial charge in [0.1, 0.15) is 11.5 Å². The fraction of sp³-hybridized carbons (Fsp3) is 0.714. The van der Waals surface area contributed by atoms with E-state index in [4.69, 9.17) is 5.73 Å². The van der Waals surface area contributed by atoms with E-state index in [1.165, 1.54) is 4.57 Å². The third-order valence-corrected chi connectivity index (χ3v) is 4.02. The number of nitrogen functional groups attached to an aromatic ring is 1. The van der Waals surface area contributed by atoms with Crippen LogP contribution in [0.1, 0.15) is 45.4 Å². The van der Waals surface area contributed by atoms with Crippen molar-refractivity contribution in [2.45, 2.75) is 64.1 Å². The van der Waals surface area contributed by atoms with E-state index in [-0.39, 0.29) is 23.7 Å². The highest BCUT2D eigenvalue weighted by molar-refractivity contribution is 5.60. The quantitative estimate of drug-likeness (QED) is 0.636. The molecular weight excluding hydrogens is 272 g/mol. The zero-order valence-electron chi connectivity index (χ0n) is 12.4. The molecule has 1 saturated carbocycles. The van der Waals surface area contributed by atoms with Crippen LogP contribution in [0, 0.1) is 0 Å². The molecule has 0 unspecified atom stereocenters. The first-order valence-corrected chi connectivity index (χ1v) is 7.60. The normalized spacial score (nSPS) is 22.2. The number of hydrogen-bond acceptors (Lipinski definition) is 5. The number of rotatable bonds is 5. The van der Waals surface area contributed by atoms with Gasteiger partial charge in [-0.1, -0.05) is 13.3 Å². The van der Waals surface area contributed by atoms with E-state index in [1.807, 2.05) is 6.92 Å². The Morgan fingerprint density at radius 2 is 2.00 bits per heavy atom. The Balaban J connectivity index is 2.22. The van der Waals surface area contributed by atoms with Gasteiger partial charge in [-0.25, -0.2) is 4.79 Å². The SMILES string of the molecule is CCCCn1c(N)c(NC2CCC(O)CC2)c(=O)[nH]c1=O. The van der Waals surface area contributed by atoms with E-state index in [0.717, 1.165) is 25.7 Å². The van der Waals surface area contributed by atoms with Crippen molar-refractivity contribution in [2.75, 3.05) is 11.1 Å². The van der Waals surface area contributed by atoms with Crippen LogP contribution in [0.2, 0.25) is 0 Å². The Bertz CT molecular complexity index is 585. The Hall–Kier alpha value is -1.76. The van der Waals surface area contributed by atoms with E-state index in [1.54, 1.807) is 0 Å². The lowest BCUT2D eigenvalue weighted by Gasteiger charge is -2.27. The second kappa shape index (κ2) is 6.80. The minimum absolute atomic E-state index is 0.105. The van der Waals surface area contributed by atoms with E-state index in [9.17, 15) is 14.7 Å². The minimum atomic E-state index is -0.476. The molecule has 7 nitrogen and oxygen atoms in total. The molecule has 1 aliphatic rings. The van der Waals surface area contributed by atoms with Gasteiger partial charge in [0.25, 0.3) is 5.56 Å². The first-order valence-electron chi connectivity index (χ1n) is 7.60. The molecule has 0 atom stereocenters. The summed E-state index contributed by atoms with van der Waals surface area (Å²) < 4.78 is 1.41. The number of aliphatic hydroxyl groups is 1. The number of aromatic nitrogens is 2. The maximum absolute atomic E-state index is 12.0. The summed E-state index contributed by atoms with van der Waals surface area (Å²) in [4.78, 5) is 26.1. The number of aromatic amines is 1. The zero-order chi connectivity index (χ0) is 15.4. The molecule has 0 amide bonds. The number of H-pyrrole nitrogens is 1. The van der Waals surface area contributed by atoms with E-state index in [0.29, 0.717) is 19.4 Å². The fourth-order valence-corrected chi connectivity index (χ4v) is 2.69. The first-order chi connectivity index (χ1) is 10.0. The van der Waals surface area contributed by atoms with Crippen LogP contribution < -0.4 is 22.3 Å². The molecule has 1 heterocycles. The van der Waals surface area contributed by atoms with Crippen molar-refractivity contribution < 1.29 is 5.11 Å². The molecule has 1 aromatic rings. The lowest BCUT2D eigenvalue weighted by Crippen LogP contribution is -2.37. The highest BCUT2D eigenvalue weighted by Gasteiger charge is 2.21. The molecule has 0 bridgehead atoms. The van der Waals surface area contributed by atoms with Crippen LogP contribution in [0.4, 0.5) is 11.5 Å². The average Bonchev–Trinajstić information content (AvgIpc) is 2.45. The van der Waals surface area contributed by atoms with Crippen LogP contribution in [-0.2, 0) is 6.54 Å². The summed E-state index contributed by atoms with van der Waals surface area (Å²) in [7, 11) is 0. The summed E-state index contributed by atoms with van der Waals surface area (Å²) in [6, 6.07) is 0.105. The van der Waals surface area contributed by atoms with E-state index >= 15 is 0 Å². The molecule has 118 valence electrons. The molecule has 0 spiro atoms. The van der Waals surface area contributed by atoms with Crippen LogP contribution >= 0.6 is 0 Å². The molecule has 5 N–H and O–H groups in total. The maximum atomic E-state index is 12.0. The van der Waals surface area contributed by atoms with Crippen molar-refractivity contribution in [1.82, 2.24) is 9.55 Å². The number of nitrogens with zero attached hydrogens (tertiary/aromatic N) is 1. The summed E-state index contributed by atoms with van der Waals surface area (Å²) in [5.74, 6) is 0.198. The van der Waals surface area contributed by atoms with Gasteiger partial charge in [-0.3, -0.25) is 14.3 Å². The Kier molecular flexibility index (Phi) is 5.06. The lowest BCUT2D eigenvalue weighted by atomic mass is 9.93. The second-order valence-corrected chi connectivity index (χ2v) is 5.67. The highest BCUT2D eigenvalue weighted by Crippen LogP contribution is 2.22. The Labute approximate surface area is 123 Å². The van der Waals surface area contributed by atoms with Gasteiger partial charge in [0.2, 0.25) is 0 Å². The van der Waals surface area contributed by atoms with Crippen LogP contribution in [0.25, 0.3) is 0 Å². The summed E-state index contributed by atoms with van der Waals surface area (Å²) in [5, 5.41) is 12.7. The molecule has 1 aromatic heterocycles. The van der Waals surface area contributed by atoms with E-state index < -0.39 is 11.2 Å². The van der Waals surface area contributed by atoms with Crippen LogP contribution in [0.5, 0.6) is 0 Å². The summed E-state index contributed by atoms with van der Waals surface area (Å²) in [6.45, 7) is 2.52. The molecule has 0 aliphatic heterocycles. The van der Waals surface area contributed by atoms with Crippen LogP contribution in [-0.4, -0.2) is 26.8 Å². The second-order valence-electron chi connectivity index (χ2n) is 5.67. The molecule has 21 heavy (non-hydrogen) atoms. The van der Waals surface area contributed by atoms with E-state index in [2.05, 4.69) is 10.3 Å². The predicted molar refractivity (Wildman–Crippen MR) is 82.5 cm³/mol. The summed E-state index contributed by atoms with van der Waals surface area (Å²) in [6.07, 6.45) is 4.51. The molecular formula is C14H24N4O3. The summed E-state index contributed by atoms with van der Waals surface area (Å²) in [5.41, 5.74) is 5.33. The van der Waals surface area contributed by atoms with Crippen LogP contribution in [0.3, 0.4) is 0 Å². The number of anilines is 2. The van der Waals surface area contributed by atoms with Gasteiger partial charge in [-0.05, 0) is 32.1 Å². The Morgan fingerprint density at radius 1 is 1.33 bits per heavy atom. The van der Waals surface area contributed by atoms with Gasteiger partial charge in [0.05, 0.1) is 6.10 Å².